The molecule has 210 valence electrons. The number of nitrogens with zero attached hydrogens (tertiary/aromatic N) is 3. The first-order valence-corrected chi connectivity index (χ1v) is 15.8. The van der Waals surface area contributed by atoms with Crippen molar-refractivity contribution in [3.8, 4) is 45.3 Å². The van der Waals surface area contributed by atoms with Gasteiger partial charge in [-0.3, -0.25) is 0 Å². The van der Waals surface area contributed by atoms with Gasteiger partial charge in [0, 0.05) is 42.2 Å². The molecule has 7 aromatic carbocycles. The van der Waals surface area contributed by atoms with Crippen LogP contribution in [0.25, 0.3) is 87.0 Å². The van der Waals surface area contributed by atoms with Crippen molar-refractivity contribution in [3.05, 3.63) is 152 Å². The fraction of sp³-hybridized carbons (Fsp3) is 0. The van der Waals surface area contributed by atoms with Crippen LogP contribution in [0.15, 0.2) is 152 Å². The van der Waals surface area contributed by atoms with Crippen molar-refractivity contribution in [3.63, 3.8) is 0 Å². The van der Waals surface area contributed by atoms with E-state index in [9.17, 15) is 0 Å². The van der Waals surface area contributed by atoms with Gasteiger partial charge in [0.25, 0.3) is 0 Å². The van der Waals surface area contributed by atoms with Gasteiger partial charge in [-0.15, -0.1) is 11.3 Å². The number of thiophene rings is 1. The molecule has 0 fully saturated rings. The topological polar surface area (TPSA) is 38.7 Å². The lowest BCUT2D eigenvalue weighted by molar-refractivity contribution is 1.08. The third kappa shape index (κ3) is 4.46. The van der Waals surface area contributed by atoms with Gasteiger partial charge in [-0.05, 0) is 45.5 Å². The minimum absolute atomic E-state index is 0.656. The average Bonchev–Trinajstić information content (AvgIpc) is 3.50. The lowest BCUT2D eigenvalue weighted by atomic mass is 9.99. The standard InChI is InChI=1S/C41H25N3S/c1-2-11-28(12-3-1)39-42-40(29-21-18-27(19-22-29)31-23-20-26-10-4-5-13-30(26)24-31)44-41(43-39)36-25-35-33-15-8-9-17-37(33)45-38(35)34-16-7-6-14-32(34)36/h1-25H. The largest absolute Gasteiger partial charge is 0.208 e. The Morgan fingerprint density at radius 1 is 0.356 bits per heavy atom. The monoisotopic (exact) mass is 591 g/mol. The molecule has 0 saturated heterocycles. The van der Waals surface area contributed by atoms with Crippen molar-refractivity contribution in [2.24, 2.45) is 0 Å². The van der Waals surface area contributed by atoms with E-state index in [1.807, 2.05) is 29.5 Å². The molecule has 9 aromatic rings. The third-order valence-electron chi connectivity index (χ3n) is 8.52. The van der Waals surface area contributed by atoms with Crippen LogP contribution in [-0.4, -0.2) is 15.0 Å². The van der Waals surface area contributed by atoms with Crippen molar-refractivity contribution >= 4 is 53.1 Å². The minimum atomic E-state index is 0.656. The molecule has 0 atom stereocenters. The van der Waals surface area contributed by atoms with Crippen LogP contribution in [0.5, 0.6) is 0 Å². The summed E-state index contributed by atoms with van der Waals surface area (Å²) in [7, 11) is 0. The van der Waals surface area contributed by atoms with Gasteiger partial charge in [0.1, 0.15) is 0 Å². The van der Waals surface area contributed by atoms with Gasteiger partial charge < -0.3 is 0 Å². The maximum atomic E-state index is 5.15. The number of benzene rings is 7. The van der Waals surface area contributed by atoms with E-state index in [2.05, 4.69) is 133 Å². The first-order chi connectivity index (χ1) is 22.3. The Kier molecular flexibility index (Phi) is 6.00. The normalized spacial score (nSPS) is 11.6. The molecule has 0 amide bonds. The summed E-state index contributed by atoms with van der Waals surface area (Å²) in [5.41, 5.74) is 5.26. The first-order valence-electron chi connectivity index (χ1n) is 15.0. The number of aromatic nitrogens is 3. The lowest BCUT2D eigenvalue weighted by Gasteiger charge is -2.12. The molecule has 0 aliphatic rings. The fourth-order valence-electron chi connectivity index (χ4n) is 6.25. The van der Waals surface area contributed by atoms with Crippen LogP contribution in [0, 0.1) is 0 Å². The van der Waals surface area contributed by atoms with E-state index in [1.165, 1.54) is 41.9 Å². The molecular formula is C41H25N3S. The summed E-state index contributed by atoms with van der Waals surface area (Å²) < 4.78 is 2.57. The molecular weight excluding hydrogens is 567 g/mol. The Morgan fingerprint density at radius 3 is 1.73 bits per heavy atom. The summed E-state index contributed by atoms with van der Waals surface area (Å²) in [5.74, 6) is 1.99. The molecule has 0 aliphatic heterocycles. The van der Waals surface area contributed by atoms with Crippen LogP contribution in [0.3, 0.4) is 0 Å². The molecule has 4 heteroatoms. The van der Waals surface area contributed by atoms with Gasteiger partial charge in [0.05, 0.1) is 0 Å². The zero-order chi connectivity index (χ0) is 29.7. The maximum absolute atomic E-state index is 5.15. The van der Waals surface area contributed by atoms with Gasteiger partial charge in [-0.2, -0.15) is 0 Å². The predicted octanol–water partition coefficient (Wildman–Crippen LogP) is 11.2. The summed E-state index contributed by atoms with van der Waals surface area (Å²) in [4.78, 5) is 15.2. The highest BCUT2D eigenvalue weighted by Gasteiger charge is 2.18. The zero-order valence-electron chi connectivity index (χ0n) is 24.2. The molecule has 0 spiro atoms. The summed E-state index contributed by atoms with van der Waals surface area (Å²) in [6.07, 6.45) is 0. The second-order valence-corrected chi connectivity index (χ2v) is 12.3. The van der Waals surface area contributed by atoms with Crippen LogP contribution < -0.4 is 0 Å². The zero-order valence-corrected chi connectivity index (χ0v) is 25.0. The van der Waals surface area contributed by atoms with Crippen LogP contribution in [0.2, 0.25) is 0 Å². The predicted molar refractivity (Wildman–Crippen MR) is 189 cm³/mol. The molecule has 0 bridgehead atoms. The molecule has 0 unspecified atom stereocenters. The van der Waals surface area contributed by atoms with Crippen molar-refractivity contribution in [1.29, 1.82) is 0 Å². The highest BCUT2D eigenvalue weighted by Crippen LogP contribution is 2.42. The van der Waals surface area contributed by atoms with E-state index >= 15 is 0 Å². The number of hydrogen-bond acceptors (Lipinski definition) is 4. The highest BCUT2D eigenvalue weighted by atomic mass is 32.1. The number of hydrogen-bond donors (Lipinski definition) is 0. The van der Waals surface area contributed by atoms with Gasteiger partial charge in [0.15, 0.2) is 17.5 Å². The van der Waals surface area contributed by atoms with Gasteiger partial charge in [0.2, 0.25) is 0 Å². The summed E-state index contributed by atoms with van der Waals surface area (Å²) in [5, 5.41) is 7.31. The first kappa shape index (κ1) is 25.8. The fourth-order valence-corrected chi connectivity index (χ4v) is 7.48. The van der Waals surface area contributed by atoms with Crippen LogP contribution in [-0.2, 0) is 0 Å². The SMILES string of the molecule is c1ccc(-c2nc(-c3ccc(-c4ccc5ccccc5c4)cc3)nc(-c3cc4c5ccccc5sc4c4ccccc34)n2)cc1. The molecule has 0 N–H and O–H groups in total. The highest BCUT2D eigenvalue weighted by molar-refractivity contribution is 7.26. The Morgan fingerprint density at radius 2 is 0.933 bits per heavy atom. The molecule has 9 rings (SSSR count). The van der Waals surface area contributed by atoms with E-state index in [0.29, 0.717) is 17.5 Å². The molecule has 0 saturated carbocycles. The summed E-state index contributed by atoms with van der Waals surface area (Å²) in [6, 6.07) is 53.3. The Hall–Kier alpha value is -5.71. The van der Waals surface area contributed by atoms with Gasteiger partial charge in [-0.1, -0.05) is 133 Å². The quantitative estimate of drug-likeness (QED) is 0.204. The van der Waals surface area contributed by atoms with Gasteiger partial charge >= 0.3 is 0 Å². The Bertz CT molecular complexity index is 2530. The second kappa shape index (κ2) is 10.5. The Labute approximate surface area is 264 Å². The summed E-state index contributed by atoms with van der Waals surface area (Å²) >= 11 is 1.84. The van der Waals surface area contributed by atoms with Crippen LogP contribution >= 0.6 is 11.3 Å². The summed E-state index contributed by atoms with van der Waals surface area (Å²) in [6.45, 7) is 0. The van der Waals surface area contributed by atoms with Crippen molar-refractivity contribution in [1.82, 2.24) is 15.0 Å². The van der Waals surface area contributed by atoms with E-state index in [-0.39, 0.29) is 0 Å². The Balaban J connectivity index is 1.23. The van der Waals surface area contributed by atoms with E-state index < -0.39 is 0 Å². The second-order valence-electron chi connectivity index (χ2n) is 11.3. The van der Waals surface area contributed by atoms with Crippen molar-refractivity contribution in [2.45, 2.75) is 0 Å². The molecule has 0 aliphatic carbocycles. The average molecular weight is 592 g/mol. The number of fused-ring (bicyclic) bond motifs is 6. The lowest BCUT2D eigenvalue weighted by Crippen LogP contribution is -2.00. The van der Waals surface area contributed by atoms with Crippen LogP contribution in [0.1, 0.15) is 0 Å². The molecule has 2 heterocycles. The van der Waals surface area contributed by atoms with E-state index in [4.69, 9.17) is 15.0 Å². The smallest absolute Gasteiger partial charge is 0.164 e. The van der Waals surface area contributed by atoms with Crippen LogP contribution in [0.4, 0.5) is 0 Å². The van der Waals surface area contributed by atoms with E-state index in [1.54, 1.807) is 0 Å². The number of rotatable bonds is 4. The minimum Gasteiger partial charge on any atom is -0.208 e. The van der Waals surface area contributed by atoms with Crippen molar-refractivity contribution < 1.29 is 0 Å². The molecule has 45 heavy (non-hydrogen) atoms. The van der Waals surface area contributed by atoms with Crippen molar-refractivity contribution in [2.75, 3.05) is 0 Å². The van der Waals surface area contributed by atoms with E-state index in [0.717, 1.165) is 27.6 Å². The molecule has 3 nitrogen and oxygen atoms in total. The van der Waals surface area contributed by atoms with Gasteiger partial charge in [-0.25, -0.2) is 15.0 Å². The maximum Gasteiger partial charge on any atom is 0.164 e. The third-order valence-corrected chi connectivity index (χ3v) is 9.74. The molecule has 0 radical (unpaired) electrons. The molecule has 2 aromatic heterocycles.